The van der Waals surface area contributed by atoms with Crippen LogP contribution in [0.3, 0.4) is 0 Å². The van der Waals surface area contributed by atoms with Gasteiger partial charge in [-0.3, -0.25) is 13.6 Å². The Morgan fingerprint density at radius 3 is 2.77 bits per heavy atom. The van der Waals surface area contributed by atoms with Crippen molar-refractivity contribution in [2.24, 2.45) is 0 Å². The van der Waals surface area contributed by atoms with Gasteiger partial charge >= 0.3 is 7.82 Å². The number of hydrogen-bond donors (Lipinski definition) is 2. The first-order chi connectivity index (χ1) is 14.8. The van der Waals surface area contributed by atoms with Crippen molar-refractivity contribution in [2.75, 3.05) is 12.8 Å². The van der Waals surface area contributed by atoms with Gasteiger partial charge in [0, 0.05) is 7.11 Å². The lowest BCUT2D eigenvalue weighted by molar-refractivity contribution is -0.0508. The van der Waals surface area contributed by atoms with E-state index in [4.69, 9.17) is 24.3 Å². The molecule has 12 heteroatoms. The van der Waals surface area contributed by atoms with Crippen molar-refractivity contribution >= 4 is 24.9 Å². The summed E-state index contributed by atoms with van der Waals surface area (Å²) in [6.45, 7) is 5.69. The van der Waals surface area contributed by atoms with Gasteiger partial charge < -0.3 is 20.1 Å². The number of unbranched alkanes of at least 4 members (excludes halogenated alkanes) is 2. The largest absolute Gasteiger partial charge is 0.472 e. The van der Waals surface area contributed by atoms with Gasteiger partial charge in [0.2, 0.25) is 5.95 Å². The number of hydrogen-bond acceptors (Lipinski definition) is 9. The van der Waals surface area contributed by atoms with E-state index in [1.165, 1.54) is 13.3 Å². The van der Waals surface area contributed by atoms with Crippen LogP contribution in [-0.4, -0.2) is 55.9 Å². The molecule has 0 radical (unpaired) electrons. The summed E-state index contributed by atoms with van der Waals surface area (Å²) in [5, 5.41) is 0. The van der Waals surface area contributed by atoms with Crippen LogP contribution in [0, 0.1) is 0 Å². The smallest absolute Gasteiger partial charge is 0.374 e. The molecule has 1 aliphatic heterocycles. The molecule has 31 heavy (non-hydrogen) atoms. The van der Waals surface area contributed by atoms with Crippen LogP contribution in [0.25, 0.3) is 11.2 Å². The third kappa shape index (κ3) is 5.60. The second-order valence-corrected chi connectivity index (χ2v) is 9.07. The van der Waals surface area contributed by atoms with E-state index >= 15 is 0 Å². The van der Waals surface area contributed by atoms with Crippen molar-refractivity contribution in [3.63, 3.8) is 0 Å². The quantitative estimate of drug-likeness (QED) is 0.381. The number of nitrogens with zero attached hydrogens (tertiary/aromatic N) is 4. The Morgan fingerprint density at radius 2 is 2.10 bits per heavy atom. The van der Waals surface area contributed by atoms with Gasteiger partial charge in [0.15, 0.2) is 11.9 Å². The number of nitrogen functional groups attached to an aromatic ring is 1. The van der Waals surface area contributed by atoms with Crippen molar-refractivity contribution in [3.05, 3.63) is 12.5 Å². The van der Waals surface area contributed by atoms with Crippen molar-refractivity contribution in [1.82, 2.24) is 19.5 Å². The first-order valence-electron chi connectivity index (χ1n) is 10.6. The maximum Gasteiger partial charge on any atom is 0.472 e. The Bertz CT molecular complexity index is 911. The average molecular weight is 457 g/mol. The summed E-state index contributed by atoms with van der Waals surface area (Å²) in [5.41, 5.74) is 6.78. The minimum Gasteiger partial charge on any atom is -0.374 e. The number of aromatic nitrogens is 4. The Balaban J connectivity index is 1.90. The Morgan fingerprint density at radius 1 is 1.32 bits per heavy atom. The standard InChI is InChI=1S/C19H32N5O6P/c1-5-7-8-9-14-15(30-31(25,26)29-12(3)6-2)16(27-4)18(28-14)24-11-22-13-10-21-19(20)23-17(13)24/h10-12,14-16,18H,5-9H2,1-4H3,(H,25,26)(H2,20,21,23). The van der Waals surface area contributed by atoms with Crippen LogP contribution in [-0.2, 0) is 23.1 Å². The van der Waals surface area contributed by atoms with Crippen molar-refractivity contribution in [1.29, 1.82) is 0 Å². The average Bonchev–Trinajstić information content (AvgIpc) is 3.28. The molecule has 0 aromatic carbocycles. The molecule has 3 N–H and O–H groups in total. The van der Waals surface area contributed by atoms with Gasteiger partial charge in [-0.05, 0) is 19.8 Å². The number of phosphoric ester groups is 1. The Kier molecular flexibility index (Phi) is 8.01. The van der Waals surface area contributed by atoms with Gasteiger partial charge in [0.25, 0.3) is 0 Å². The number of fused-ring (bicyclic) bond motifs is 1. The number of methoxy groups -OCH3 is 1. The third-order valence-corrected chi connectivity index (χ3v) is 6.54. The van der Waals surface area contributed by atoms with Crippen molar-refractivity contribution in [3.8, 4) is 0 Å². The molecular weight excluding hydrogens is 425 g/mol. The highest BCUT2D eigenvalue weighted by Crippen LogP contribution is 2.50. The predicted molar refractivity (Wildman–Crippen MR) is 114 cm³/mol. The topological polar surface area (TPSA) is 144 Å². The van der Waals surface area contributed by atoms with Gasteiger partial charge in [-0.25, -0.2) is 14.5 Å². The van der Waals surface area contributed by atoms with Crippen LogP contribution in [0.5, 0.6) is 0 Å². The molecule has 3 rings (SSSR count). The minimum absolute atomic E-state index is 0.107. The lowest BCUT2D eigenvalue weighted by Gasteiger charge is -2.26. The van der Waals surface area contributed by atoms with E-state index in [0.717, 1.165) is 19.3 Å². The van der Waals surface area contributed by atoms with Gasteiger partial charge in [0.1, 0.15) is 17.7 Å². The molecule has 174 valence electrons. The summed E-state index contributed by atoms with van der Waals surface area (Å²) in [5.74, 6) is 0.107. The summed E-state index contributed by atoms with van der Waals surface area (Å²) < 4.78 is 37.2. The number of rotatable bonds is 11. The fourth-order valence-corrected chi connectivity index (χ4v) is 4.86. The highest BCUT2D eigenvalue weighted by Gasteiger charge is 2.50. The van der Waals surface area contributed by atoms with E-state index in [1.807, 2.05) is 6.92 Å². The van der Waals surface area contributed by atoms with Crippen LogP contribution in [0.15, 0.2) is 12.5 Å². The number of imidazole rings is 1. The summed E-state index contributed by atoms with van der Waals surface area (Å²) in [6.07, 6.45) is 4.15. The van der Waals surface area contributed by atoms with Crippen LogP contribution in [0.2, 0.25) is 0 Å². The van der Waals surface area contributed by atoms with Crippen molar-refractivity contribution in [2.45, 2.75) is 83.5 Å². The third-order valence-electron chi connectivity index (χ3n) is 5.40. The van der Waals surface area contributed by atoms with E-state index in [9.17, 15) is 9.46 Å². The SMILES string of the molecule is CCCCCC1OC(n2cnc3cnc(N)nc32)C(OC)C1OP(=O)(O)OC(C)CC. The fourth-order valence-electron chi connectivity index (χ4n) is 3.64. The molecule has 2 aromatic heterocycles. The van der Waals surface area contributed by atoms with E-state index in [1.54, 1.807) is 17.8 Å². The molecule has 11 nitrogen and oxygen atoms in total. The molecule has 0 saturated carbocycles. The van der Waals surface area contributed by atoms with Gasteiger partial charge in [0.05, 0.1) is 24.7 Å². The molecule has 0 amide bonds. The minimum atomic E-state index is -4.33. The normalized spacial score (nSPS) is 26.9. The lowest BCUT2D eigenvalue weighted by atomic mass is 10.0. The zero-order valence-corrected chi connectivity index (χ0v) is 19.3. The van der Waals surface area contributed by atoms with Crippen LogP contribution >= 0.6 is 7.82 Å². The molecule has 0 spiro atoms. The van der Waals surface area contributed by atoms with Crippen molar-refractivity contribution < 1.29 is 28.0 Å². The van der Waals surface area contributed by atoms with Gasteiger partial charge in [-0.1, -0.05) is 33.1 Å². The maximum atomic E-state index is 12.7. The molecule has 6 atom stereocenters. The predicted octanol–water partition coefficient (Wildman–Crippen LogP) is 3.20. The highest BCUT2D eigenvalue weighted by molar-refractivity contribution is 7.47. The van der Waals surface area contributed by atoms with Gasteiger partial charge in [-0.15, -0.1) is 0 Å². The fraction of sp³-hybridized carbons (Fsp3) is 0.737. The molecule has 0 bridgehead atoms. The van der Waals surface area contributed by atoms with Crippen LogP contribution in [0.4, 0.5) is 5.95 Å². The highest BCUT2D eigenvalue weighted by atomic mass is 31.2. The summed E-state index contributed by atoms with van der Waals surface area (Å²) in [6, 6.07) is 0. The first kappa shape index (κ1) is 24.0. The second kappa shape index (κ2) is 10.3. The molecule has 6 unspecified atom stereocenters. The summed E-state index contributed by atoms with van der Waals surface area (Å²) in [7, 11) is -2.83. The van der Waals surface area contributed by atoms with E-state index in [2.05, 4.69) is 21.9 Å². The van der Waals surface area contributed by atoms with Crippen LogP contribution < -0.4 is 5.73 Å². The maximum absolute atomic E-state index is 12.7. The van der Waals surface area contributed by atoms with Gasteiger partial charge in [-0.2, -0.15) is 4.98 Å². The molecule has 3 heterocycles. The van der Waals surface area contributed by atoms with E-state index in [-0.39, 0.29) is 5.95 Å². The monoisotopic (exact) mass is 457 g/mol. The Labute approximate surface area is 181 Å². The zero-order chi connectivity index (χ0) is 22.6. The second-order valence-electron chi connectivity index (χ2n) is 7.71. The van der Waals surface area contributed by atoms with Crippen LogP contribution in [0.1, 0.15) is 59.1 Å². The summed E-state index contributed by atoms with van der Waals surface area (Å²) >= 11 is 0. The van der Waals surface area contributed by atoms with E-state index < -0.39 is 38.5 Å². The molecular formula is C19H32N5O6P. The summed E-state index contributed by atoms with van der Waals surface area (Å²) in [4.78, 5) is 22.9. The number of ether oxygens (including phenoxy) is 2. The number of anilines is 1. The molecule has 0 aliphatic carbocycles. The lowest BCUT2D eigenvalue weighted by Crippen LogP contribution is -2.35. The molecule has 1 aliphatic rings. The first-order valence-corrected chi connectivity index (χ1v) is 12.1. The van der Waals surface area contributed by atoms with E-state index in [0.29, 0.717) is 24.0 Å². The number of nitrogens with two attached hydrogens (primary N) is 1. The Hall–Kier alpha value is -1.62. The number of phosphoric acid groups is 1. The zero-order valence-electron chi connectivity index (χ0n) is 18.4. The molecule has 1 saturated heterocycles. The molecule has 1 fully saturated rings. The molecule has 2 aromatic rings.